The maximum Gasteiger partial charge on any atom is 0.216 e. The quantitative estimate of drug-likeness (QED) is 0.504. The van der Waals surface area contributed by atoms with E-state index in [1.54, 1.807) is 6.07 Å². The van der Waals surface area contributed by atoms with E-state index in [1.807, 2.05) is 61.5 Å². The van der Waals surface area contributed by atoms with Gasteiger partial charge in [0.2, 0.25) is 5.82 Å². The molecule has 4 rings (SSSR count). The molecule has 0 radical (unpaired) electrons. The van der Waals surface area contributed by atoms with Crippen molar-refractivity contribution < 1.29 is 4.52 Å². The van der Waals surface area contributed by atoms with E-state index in [9.17, 15) is 0 Å². The van der Waals surface area contributed by atoms with Gasteiger partial charge in [-0.25, -0.2) is 0 Å². The smallest absolute Gasteiger partial charge is 0.216 e. The Morgan fingerprint density at radius 3 is 2.52 bits per heavy atom. The maximum absolute atomic E-state index is 5.03. The van der Waals surface area contributed by atoms with Crippen LogP contribution >= 0.6 is 0 Å². The molecule has 23 heavy (non-hydrogen) atoms. The van der Waals surface area contributed by atoms with Crippen LogP contribution in [0.4, 0.5) is 11.5 Å². The second-order valence-electron chi connectivity index (χ2n) is 5.26. The summed E-state index contributed by atoms with van der Waals surface area (Å²) in [5, 5.41) is 13.5. The van der Waals surface area contributed by atoms with E-state index in [1.165, 1.54) is 0 Å². The van der Waals surface area contributed by atoms with Gasteiger partial charge in [0.05, 0.1) is 5.69 Å². The Labute approximate surface area is 132 Å². The molecule has 0 amide bonds. The predicted octanol–water partition coefficient (Wildman–Crippen LogP) is 5.55. The molecule has 0 fully saturated rings. The van der Waals surface area contributed by atoms with Crippen molar-refractivity contribution in [3.8, 4) is 11.3 Å². The number of fused-ring (bicyclic) bond motifs is 1. The van der Waals surface area contributed by atoms with E-state index in [4.69, 9.17) is 4.52 Å². The van der Waals surface area contributed by atoms with Gasteiger partial charge in [0, 0.05) is 22.5 Å². The number of nitrogens with zero attached hydrogens (tertiary/aromatic N) is 3. The lowest BCUT2D eigenvalue weighted by atomic mass is 10.1. The van der Waals surface area contributed by atoms with Gasteiger partial charge in [-0.15, -0.1) is 10.2 Å². The van der Waals surface area contributed by atoms with Gasteiger partial charge in [-0.05, 0) is 13.0 Å². The largest absolute Gasteiger partial charge is 0.359 e. The van der Waals surface area contributed by atoms with E-state index in [2.05, 4.69) is 20.4 Å². The number of H-pyrrole nitrogens is 1. The number of benzene rings is 2. The van der Waals surface area contributed by atoms with Gasteiger partial charge in [-0.1, -0.05) is 53.7 Å². The lowest BCUT2D eigenvalue weighted by molar-refractivity contribution is 0.399. The molecule has 1 N–H and O–H groups in total. The zero-order valence-electron chi connectivity index (χ0n) is 12.5. The van der Waals surface area contributed by atoms with Crippen molar-refractivity contribution in [2.45, 2.75) is 6.92 Å². The highest BCUT2D eigenvalue weighted by Gasteiger charge is 2.12. The Balaban J connectivity index is 1.88. The Morgan fingerprint density at radius 2 is 1.74 bits per heavy atom. The summed E-state index contributed by atoms with van der Waals surface area (Å²) in [6, 6.07) is 19.9. The summed E-state index contributed by atoms with van der Waals surface area (Å²) in [4.78, 5) is 3.42. The SMILES string of the molecule is Cc1cc(N=Nc2c(-c3ccccc3)[nH]c3ccccc23)no1. The minimum Gasteiger partial charge on any atom is -0.359 e. The zero-order valence-corrected chi connectivity index (χ0v) is 12.5. The summed E-state index contributed by atoms with van der Waals surface area (Å²) in [7, 11) is 0. The number of hydrogen-bond donors (Lipinski definition) is 1. The highest BCUT2D eigenvalue weighted by molar-refractivity contribution is 5.99. The summed E-state index contributed by atoms with van der Waals surface area (Å²) in [6.45, 7) is 1.83. The third-order valence-corrected chi connectivity index (χ3v) is 3.61. The normalized spacial score (nSPS) is 11.5. The van der Waals surface area contributed by atoms with Crippen LogP contribution in [0.3, 0.4) is 0 Å². The van der Waals surface area contributed by atoms with Crippen LogP contribution in [-0.4, -0.2) is 10.1 Å². The second-order valence-corrected chi connectivity index (χ2v) is 5.26. The molecule has 0 aliphatic carbocycles. The molecule has 0 atom stereocenters. The molecule has 0 spiro atoms. The number of hydrogen-bond acceptors (Lipinski definition) is 4. The molecule has 0 aliphatic heterocycles. The highest BCUT2D eigenvalue weighted by atomic mass is 16.5. The minimum atomic E-state index is 0.465. The summed E-state index contributed by atoms with van der Waals surface area (Å²) in [6.07, 6.45) is 0. The number of nitrogens with one attached hydrogen (secondary N) is 1. The number of azo groups is 1. The van der Waals surface area contributed by atoms with Gasteiger partial charge >= 0.3 is 0 Å². The van der Waals surface area contributed by atoms with Crippen molar-refractivity contribution in [2.75, 3.05) is 0 Å². The van der Waals surface area contributed by atoms with Crippen molar-refractivity contribution in [3.63, 3.8) is 0 Å². The predicted molar refractivity (Wildman–Crippen MR) is 89.2 cm³/mol. The average molecular weight is 302 g/mol. The first-order valence-electron chi connectivity index (χ1n) is 7.32. The molecule has 112 valence electrons. The molecule has 2 aromatic heterocycles. The first kappa shape index (κ1) is 13.5. The van der Waals surface area contributed by atoms with Gasteiger partial charge < -0.3 is 9.51 Å². The van der Waals surface area contributed by atoms with E-state index in [0.717, 1.165) is 27.8 Å². The van der Waals surface area contributed by atoms with Crippen LogP contribution < -0.4 is 0 Å². The van der Waals surface area contributed by atoms with Crippen molar-refractivity contribution >= 4 is 22.4 Å². The van der Waals surface area contributed by atoms with E-state index in [0.29, 0.717) is 11.6 Å². The number of aromatic amines is 1. The zero-order chi connectivity index (χ0) is 15.6. The van der Waals surface area contributed by atoms with Crippen LogP contribution in [0.5, 0.6) is 0 Å². The molecular formula is C18H14N4O. The summed E-state index contributed by atoms with van der Waals surface area (Å²) in [5.41, 5.74) is 3.83. The molecule has 2 heterocycles. The van der Waals surface area contributed by atoms with Crippen molar-refractivity contribution in [1.29, 1.82) is 0 Å². The molecular weight excluding hydrogens is 288 g/mol. The third kappa shape index (κ3) is 2.53. The standard InChI is InChI=1S/C18H14N4O/c1-12-11-16(22-23-12)20-21-18-14-9-5-6-10-15(14)19-17(18)13-7-3-2-4-8-13/h2-11,19H,1H3. The van der Waals surface area contributed by atoms with E-state index in [-0.39, 0.29) is 0 Å². The molecule has 0 saturated carbocycles. The number of aromatic nitrogens is 2. The molecule has 2 aromatic carbocycles. The van der Waals surface area contributed by atoms with Crippen molar-refractivity contribution in [2.24, 2.45) is 10.2 Å². The maximum atomic E-state index is 5.03. The van der Waals surface area contributed by atoms with E-state index >= 15 is 0 Å². The van der Waals surface area contributed by atoms with Gasteiger partial charge in [-0.2, -0.15) is 0 Å². The van der Waals surface area contributed by atoms with Crippen LogP contribution in [0.15, 0.2) is 75.4 Å². The van der Waals surface area contributed by atoms with Crippen LogP contribution in [0.1, 0.15) is 5.76 Å². The van der Waals surface area contributed by atoms with Crippen molar-refractivity contribution in [3.05, 3.63) is 66.4 Å². The van der Waals surface area contributed by atoms with Crippen LogP contribution in [0, 0.1) is 6.92 Å². The molecule has 5 nitrogen and oxygen atoms in total. The Bertz CT molecular complexity index is 983. The number of rotatable bonds is 3. The highest BCUT2D eigenvalue weighted by Crippen LogP contribution is 2.37. The molecule has 5 heteroatoms. The van der Waals surface area contributed by atoms with Gasteiger partial charge in [0.1, 0.15) is 11.4 Å². The first-order valence-corrected chi connectivity index (χ1v) is 7.32. The second kappa shape index (κ2) is 5.53. The molecule has 4 aromatic rings. The summed E-state index contributed by atoms with van der Waals surface area (Å²) >= 11 is 0. The first-order chi connectivity index (χ1) is 11.3. The van der Waals surface area contributed by atoms with E-state index < -0.39 is 0 Å². The lowest BCUT2D eigenvalue weighted by Crippen LogP contribution is -1.76. The minimum absolute atomic E-state index is 0.465. The average Bonchev–Trinajstić information content (AvgIpc) is 3.17. The molecule has 0 saturated heterocycles. The van der Waals surface area contributed by atoms with Gasteiger partial charge in [0.25, 0.3) is 0 Å². The van der Waals surface area contributed by atoms with Gasteiger partial charge in [0.15, 0.2) is 0 Å². The van der Waals surface area contributed by atoms with Crippen molar-refractivity contribution in [1.82, 2.24) is 10.1 Å². The summed E-state index contributed by atoms with van der Waals surface area (Å²) < 4.78 is 5.03. The fraction of sp³-hybridized carbons (Fsp3) is 0.0556. The fourth-order valence-electron chi connectivity index (χ4n) is 2.55. The van der Waals surface area contributed by atoms with Crippen LogP contribution in [0.25, 0.3) is 22.2 Å². The lowest BCUT2D eigenvalue weighted by Gasteiger charge is -1.99. The molecule has 0 bridgehead atoms. The topological polar surface area (TPSA) is 66.5 Å². The molecule has 0 aliphatic rings. The number of para-hydroxylation sites is 1. The Hall–Kier alpha value is -3.21. The Morgan fingerprint density at radius 1 is 0.957 bits per heavy atom. The van der Waals surface area contributed by atoms with Gasteiger partial charge in [-0.3, -0.25) is 0 Å². The summed E-state index contributed by atoms with van der Waals surface area (Å²) in [5.74, 6) is 1.17. The monoisotopic (exact) mass is 302 g/mol. The van der Waals surface area contributed by atoms with Crippen LogP contribution in [-0.2, 0) is 0 Å². The molecule has 0 unspecified atom stereocenters. The van der Waals surface area contributed by atoms with Crippen LogP contribution in [0.2, 0.25) is 0 Å². The fourth-order valence-corrected chi connectivity index (χ4v) is 2.55. The third-order valence-electron chi connectivity index (χ3n) is 3.61. The number of aryl methyl sites for hydroxylation is 1. The Kier molecular flexibility index (Phi) is 3.24.